The first-order chi connectivity index (χ1) is 9.02. The van der Waals surface area contributed by atoms with Crippen molar-refractivity contribution >= 4 is 5.95 Å². The summed E-state index contributed by atoms with van der Waals surface area (Å²) in [6.45, 7) is 3.79. The third-order valence-electron chi connectivity index (χ3n) is 3.05. The van der Waals surface area contributed by atoms with Gasteiger partial charge in [-0.15, -0.1) is 0 Å². The zero-order valence-corrected chi connectivity index (χ0v) is 11.0. The third kappa shape index (κ3) is 2.58. The van der Waals surface area contributed by atoms with Gasteiger partial charge in [0.15, 0.2) is 0 Å². The molecule has 19 heavy (non-hydrogen) atoms. The van der Waals surface area contributed by atoms with E-state index in [1.807, 2.05) is 31.2 Å². The topological polar surface area (TPSA) is 99.0 Å². The minimum Gasteiger partial charge on any atom is -0.333 e. The Balaban J connectivity index is 2.43. The first kappa shape index (κ1) is 13.1. The quantitative estimate of drug-likeness (QED) is 0.549. The molecule has 2 aromatic rings. The number of nitrogens with one attached hydrogen (secondary N) is 1. The van der Waals surface area contributed by atoms with E-state index in [1.54, 1.807) is 6.92 Å². The predicted octanol–water partition coefficient (Wildman–Crippen LogP) is 0.450. The Bertz CT molecular complexity index is 645. The molecule has 5 N–H and O–H groups in total. The SMILES string of the molecule is Cc1ccc(Cc2c(C)nc(NN)n(N)c2=O)cc1. The minimum absolute atomic E-state index is 0.148. The number of nitrogens with zero attached hydrogens (tertiary/aromatic N) is 2. The summed E-state index contributed by atoms with van der Waals surface area (Å²) >= 11 is 0. The number of aromatic nitrogens is 2. The van der Waals surface area contributed by atoms with Crippen molar-refractivity contribution in [3.63, 3.8) is 0 Å². The fourth-order valence-corrected chi connectivity index (χ4v) is 1.89. The van der Waals surface area contributed by atoms with Gasteiger partial charge >= 0.3 is 0 Å². The molecule has 1 aromatic heterocycles. The highest BCUT2D eigenvalue weighted by Crippen LogP contribution is 2.11. The number of hydrazine groups is 1. The standard InChI is InChI=1S/C13H17N5O/c1-8-3-5-10(6-4-8)7-11-9(2)16-13(17-14)18(15)12(11)19/h3-6H,7,14-15H2,1-2H3,(H,16,17). The molecule has 0 saturated carbocycles. The number of hydrogen-bond acceptors (Lipinski definition) is 5. The molecule has 0 bridgehead atoms. The smallest absolute Gasteiger partial charge is 0.277 e. The van der Waals surface area contributed by atoms with Crippen LogP contribution in [0.1, 0.15) is 22.4 Å². The first-order valence-electron chi connectivity index (χ1n) is 5.92. The fraction of sp³-hybridized carbons (Fsp3) is 0.231. The second-order valence-electron chi connectivity index (χ2n) is 4.48. The number of rotatable bonds is 3. The van der Waals surface area contributed by atoms with Crippen LogP contribution in [0.15, 0.2) is 29.1 Å². The highest BCUT2D eigenvalue weighted by atomic mass is 16.1. The Kier molecular flexibility index (Phi) is 3.52. The number of aryl methyl sites for hydroxylation is 2. The molecule has 6 nitrogen and oxygen atoms in total. The molecule has 0 saturated heterocycles. The lowest BCUT2D eigenvalue weighted by Gasteiger charge is -2.11. The summed E-state index contributed by atoms with van der Waals surface area (Å²) in [5.74, 6) is 11.0. The summed E-state index contributed by atoms with van der Waals surface area (Å²) in [6, 6.07) is 8.00. The number of nitrogens with two attached hydrogens (primary N) is 2. The lowest BCUT2D eigenvalue weighted by atomic mass is 10.0. The van der Waals surface area contributed by atoms with Crippen LogP contribution in [0.2, 0.25) is 0 Å². The summed E-state index contributed by atoms with van der Waals surface area (Å²) in [7, 11) is 0. The largest absolute Gasteiger partial charge is 0.333 e. The lowest BCUT2D eigenvalue weighted by Crippen LogP contribution is -2.35. The normalized spacial score (nSPS) is 10.5. The van der Waals surface area contributed by atoms with E-state index >= 15 is 0 Å². The van der Waals surface area contributed by atoms with Crippen molar-refractivity contribution in [3.05, 3.63) is 57.0 Å². The minimum atomic E-state index is -0.291. The molecule has 0 amide bonds. The molecule has 1 aromatic carbocycles. The van der Waals surface area contributed by atoms with Crippen LogP contribution < -0.4 is 22.7 Å². The summed E-state index contributed by atoms with van der Waals surface area (Å²) < 4.78 is 0.927. The van der Waals surface area contributed by atoms with Crippen LogP contribution in [0, 0.1) is 13.8 Å². The molecule has 0 aliphatic heterocycles. The lowest BCUT2D eigenvalue weighted by molar-refractivity contribution is 0.843. The van der Waals surface area contributed by atoms with Crippen LogP contribution in [-0.2, 0) is 6.42 Å². The van der Waals surface area contributed by atoms with Gasteiger partial charge in [0.2, 0.25) is 5.95 Å². The number of benzene rings is 1. The average Bonchev–Trinajstić information content (AvgIpc) is 2.41. The maximum absolute atomic E-state index is 12.1. The van der Waals surface area contributed by atoms with Gasteiger partial charge in [-0.25, -0.2) is 10.8 Å². The van der Waals surface area contributed by atoms with Crippen LogP contribution >= 0.6 is 0 Å². The molecule has 1 heterocycles. The Hall–Kier alpha value is -2.34. The van der Waals surface area contributed by atoms with Crippen LogP contribution in [-0.4, -0.2) is 9.66 Å². The van der Waals surface area contributed by atoms with E-state index in [9.17, 15) is 4.79 Å². The molecule has 0 atom stereocenters. The maximum Gasteiger partial charge on any atom is 0.277 e. The molecule has 100 valence electrons. The number of hydrogen-bond donors (Lipinski definition) is 3. The maximum atomic E-state index is 12.1. The second-order valence-corrected chi connectivity index (χ2v) is 4.48. The highest BCUT2D eigenvalue weighted by molar-refractivity contribution is 5.34. The van der Waals surface area contributed by atoms with Crippen molar-refractivity contribution in [1.29, 1.82) is 0 Å². The Morgan fingerprint density at radius 3 is 2.47 bits per heavy atom. The van der Waals surface area contributed by atoms with E-state index in [-0.39, 0.29) is 11.5 Å². The monoisotopic (exact) mass is 259 g/mol. The molecule has 2 rings (SSSR count). The van der Waals surface area contributed by atoms with Gasteiger partial charge < -0.3 is 5.84 Å². The molecule has 0 fully saturated rings. The van der Waals surface area contributed by atoms with Crippen LogP contribution in [0.5, 0.6) is 0 Å². The molecule has 6 heteroatoms. The fourth-order valence-electron chi connectivity index (χ4n) is 1.89. The van der Waals surface area contributed by atoms with Gasteiger partial charge in [0, 0.05) is 12.0 Å². The zero-order valence-electron chi connectivity index (χ0n) is 11.0. The molecule has 0 aliphatic carbocycles. The van der Waals surface area contributed by atoms with E-state index in [2.05, 4.69) is 10.4 Å². The van der Waals surface area contributed by atoms with Gasteiger partial charge in [-0.05, 0) is 19.4 Å². The molecule has 0 radical (unpaired) electrons. The van der Waals surface area contributed by atoms with E-state index in [4.69, 9.17) is 11.7 Å². The van der Waals surface area contributed by atoms with E-state index in [0.717, 1.165) is 10.2 Å². The molecule has 0 spiro atoms. The van der Waals surface area contributed by atoms with Crippen LogP contribution in [0.3, 0.4) is 0 Å². The van der Waals surface area contributed by atoms with Gasteiger partial charge in [0.1, 0.15) is 0 Å². The average molecular weight is 259 g/mol. The van der Waals surface area contributed by atoms with Crippen molar-refractivity contribution in [2.75, 3.05) is 11.3 Å². The Morgan fingerprint density at radius 1 is 1.26 bits per heavy atom. The first-order valence-corrected chi connectivity index (χ1v) is 5.92. The highest BCUT2D eigenvalue weighted by Gasteiger charge is 2.12. The van der Waals surface area contributed by atoms with Gasteiger partial charge in [-0.1, -0.05) is 29.8 Å². The summed E-state index contributed by atoms with van der Waals surface area (Å²) in [5.41, 5.74) is 5.43. The van der Waals surface area contributed by atoms with Crippen molar-refractivity contribution in [1.82, 2.24) is 9.66 Å². The van der Waals surface area contributed by atoms with Crippen molar-refractivity contribution < 1.29 is 0 Å². The van der Waals surface area contributed by atoms with Crippen LogP contribution in [0.4, 0.5) is 5.95 Å². The summed E-state index contributed by atoms with van der Waals surface area (Å²) in [6.07, 6.45) is 0.500. The van der Waals surface area contributed by atoms with Gasteiger partial charge in [0.25, 0.3) is 5.56 Å². The van der Waals surface area contributed by atoms with Gasteiger partial charge in [-0.3, -0.25) is 10.2 Å². The molecular weight excluding hydrogens is 242 g/mol. The second kappa shape index (κ2) is 5.11. The number of nitrogen functional groups attached to an aromatic ring is 2. The number of anilines is 1. The van der Waals surface area contributed by atoms with Gasteiger partial charge in [0.05, 0.1) is 5.69 Å². The van der Waals surface area contributed by atoms with Crippen molar-refractivity contribution in [2.45, 2.75) is 20.3 Å². The molecular formula is C13H17N5O. The predicted molar refractivity (Wildman–Crippen MR) is 75.2 cm³/mol. The van der Waals surface area contributed by atoms with E-state index in [1.165, 1.54) is 5.56 Å². The summed E-state index contributed by atoms with van der Waals surface area (Å²) in [4.78, 5) is 16.3. The van der Waals surface area contributed by atoms with Crippen molar-refractivity contribution in [2.24, 2.45) is 5.84 Å². The van der Waals surface area contributed by atoms with Crippen LogP contribution in [0.25, 0.3) is 0 Å². The third-order valence-corrected chi connectivity index (χ3v) is 3.05. The zero-order chi connectivity index (χ0) is 14.0. The Labute approximate surface area is 111 Å². The molecule has 0 unspecified atom stereocenters. The Morgan fingerprint density at radius 2 is 1.89 bits per heavy atom. The van der Waals surface area contributed by atoms with E-state index < -0.39 is 0 Å². The van der Waals surface area contributed by atoms with Gasteiger partial charge in [-0.2, -0.15) is 4.68 Å². The van der Waals surface area contributed by atoms with E-state index in [0.29, 0.717) is 17.7 Å². The van der Waals surface area contributed by atoms with Crippen molar-refractivity contribution in [3.8, 4) is 0 Å². The summed E-state index contributed by atoms with van der Waals surface area (Å²) in [5, 5.41) is 0. The molecule has 0 aliphatic rings.